The van der Waals surface area contributed by atoms with Gasteiger partial charge in [0.2, 0.25) is 0 Å². The minimum atomic E-state index is 0.391. The van der Waals surface area contributed by atoms with Crippen LogP contribution in [0.15, 0.2) is 4.99 Å². The van der Waals surface area contributed by atoms with Gasteiger partial charge >= 0.3 is 0 Å². The first-order chi connectivity index (χ1) is 7.78. The summed E-state index contributed by atoms with van der Waals surface area (Å²) < 4.78 is 5.55. The van der Waals surface area contributed by atoms with E-state index in [1.807, 2.05) is 11.8 Å². The second-order valence-electron chi connectivity index (χ2n) is 4.68. The van der Waals surface area contributed by atoms with Crippen molar-refractivity contribution in [2.75, 3.05) is 12.4 Å². The lowest BCUT2D eigenvalue weighted by molar-refractivity contribution is 0.0168. The Bertz CT molecular complexity index is 257. The molecule has 0 aliphatic carbocycles. The van der Waals surface area contributed by atoms with Gasteiger partial charge in [-0.3, -0.25) is 4.99 Å². The van der Waals surface area contributed by atoms with E-state index in [4.69, 9.17) is 9.73 Å². The summed E-state index contributed by atoms with van der Waals surface area (Å²) >= 11 is 1.88. The number of nitrogens with zero attached hydrogens (tertiary/aromatic N) is 1. The highest BCUT2D eigenvalue weighted by Crippen LogP contribution is 2.20. The summed E-state index contributed by atoms with van der Waals surface area (Å²) in [5, 5.41) is 4.75. The molecule has 0 amide bonds. The van der Waals surface area contributed by atoms with Gasteiger partial charge in [0.1, 0.15) is 0 Å². The zero-order chi connectivity index (χ0) is 11.4. The number of thioether (sulfide) groups is 1. The molecular formula is C12H22N2OS. The average molecular weight is 242 g/mol. The van der Waals surface area contributed by atoms with Crippen molar-refractivity contribution in [2.45, 2.75) is 57.7 Å². The van der Waals surface area contributed by atoms with E-state index in [0.717, 1.165) is 31.0 Å². The molecule has 4 heteroatoms. The molecule has 0 aromatic rings. The first-order valence-corrected chi connectivity index (χ1v) is 7.35. The van der Waals surface area contributed by atoms with E-state index >= 15 is 0 Å². The van der Waals surface area contributed by atoms with Crippen LogP contribution in [0.1, 0.15) is 39.5 Å². The second-order valence-corrected chi connectivity index (χ2v) is 5.76. The molecular weight excluding hydrogens is 220 g/mol. The van der Waals surface area contributed by atoms with Gasteiger partial charge in [-0.25, -0.2) is 0 Å². The van der Waals surface area contributed by atoms with E-state index in [1.165, 1.54) is 12.2 Å². The molecule has 0 bridgehead atoms. The number of rotatable bonds is 2. The standard InChI is InChI=1S/C12H22N2OS/c1-3-10-5-7-16-12(13-10)14-11-4-6-15-9(2)8-11/h9-11H,3-8H2,1-2H3,(H,13,14). The largest absolute Gasteiger partial charge is 0.378 e. The molecule has 1 saturated heterocycles. The van der Waals surface area contributed by atoms with Gasteiger partial charge in [0, 0.05) is 18.4 Å². The van der Waals surface area contributed by atoms with E-state index < -0.39 is 0 Å². The molecule has 3 unspecified atom stereocenters. The Morgan fingerprint density at radius 1 is 1.50 bits per heavy atom. The number of nitrogens with one attached hydrogen (secondary N) is 1. The van der Waals surface area contributed by atoms with E-state index in [2.05, 4.69) is 19.2 Å². The molecule has 1 fully saturated rings. The summed E-state index contributed by atoms with van der Waals surface area (Å²) in [6, 6.07) is 1.10. The summed E-state index contributed by atoms with van der Waals surface area (Å²) in [6.07, 6.45) is 5.01. The third-order valence-corrected chi connectivity index (χ3v) is 4.21. The van der Waals surface area contributed by atoms with Crippen molar-refractivity contribution in [2.24, 2.45) is 4.99 Å². The first-order valence-electron chi connectivity index (χ1n) is 6.36. The van der Waals surface area contributed by atoms with Crippen molar-refractivity contribution in [3.63, 3.8) is 0 Å². The molecule has 92 valence electrons. The SMILES string of the molecule is CCC1CCSC(NC2CCOC(C)C2)=N1. The predicted molar refractivity (Wildman–Crippen MR) is 70.2 cm³/mol. The fourth-order valence-corrected chi connectivity index (χ4v) is 3.29. The van der Waals surface area contributed by atoms with Crippen LogP contribution in [0.25, 0.3) is 0 Å². The van der Waals surface area contributed by atoms with E-state index in [9.17, 15) is 0 Å². The molecule has 0 spiro atoms. The Labute approximate surface area is 102 Å². The number of aliphatic imine (C=N–C) groups is 1. The zero-order valence-corrected chi connectivity index (χ0v) is 11.1. The Kier molecular flexibility index (Phi) is 4.53. The molecule has 1 N–H and O–H groups in total. The van der Waals surface area contributed by atoms with Crippen LogP contribution in [-0.4, -0.2) is 35.7 Å². The summed E-state index contributed by atoms with van der Waals surface area (Å²) in [5.74, 6) is 1.21. The van der Waals surface area contributed by atoms with Gasteiger partial charge in [-0.15, -0.1) is 0 Å². The van der Waals surface area contributed by atoms with Crippen LogP contribution in [0.5, 0.6) is 0 Å². The third kappa shape index (κ3) is 3.39. The molecule has 2 heterocycles. The molecule has 3 nitrogen and oxygen atoms in total. The minimum Gasteiger partial charge on any atom is -0.378 e. The molecule has 0 saturated carbocycles. The van der Waals surface area contributed by atoms with Crippen LogP contribution in [0, 0.1) is 0 Å². The van der Waals surface area contributed by atoms with Gasteiger partial charge < -0.3 is 10.1 Å². The topological polar surface area (TPSA) is 33.6 Å². The zero-order valence-electron chi connectivity index (χ0n) is 10.2. The van der Waals surface area contributed by atoms with Crippen LogP contribution in [0.3, 0.4) is 0 Å². The Balaban J connectivity index is 1.86. The maximum atomic E-state index is 5.55. The summed E-state index contributed by atoms with van der Waals surface area (Å²) in [5.41, 5.74) is 0. The molecule has 2 aliphatic rings. The number of amidine groups is 1. The van der Waals surface area contributed by atoms with Gasteiger partial charge in [-0.05, 0) is 32.6 Å². The van der Waals surface area contributed by atoms with E-state index in [0.29, 0.717) is 18.2 Å². The van der Waals surface area contributed by atoms with Gasteiger partial charge in [0.15, 0.2) is 5.17 Å². The normalized spacial score (nSPS) is 35.6. The lowest BCUT2D eigenvalue weighted by atomic mass is 10.1. The summed E-state index contributed by atoms with van der Waals surface area (Å²) in [6.45, 7) is 5.25. The van der Waals surface area contributed by atoms with Crippen molar-refractivity contribution < 1.29 is 4.74 Å². The first kappa shape index (κ1) is 12.2. The van der Waals surface area contributed by atoms with Crippen LogP contribution >= 0.6 is 11.8 Å². The third-order valence-electron chi connectivity index (χ3n) is 3.27. The van der Waals surface area contributed by atoms with Crippen molar-refractivity contribution in [1.82, 2.24) is 5.32 Å². The van der Waals surface area contributed by atoms with Crippen LogP contribution in [-0.2, 0) is 4.74 Å². The van der Waals surface area contributed by atoms with Crippen molar-refractivity contribution in [3.05, 3.63) is 0 Å². The number of hydrogen-bond acceptors (Lipinski definition) is 4. The number of hydrogen-bond donors (Lipinski definition) is 1. The Morgan fingerprint density at radius 2 is 2.38 bits per heavy atom. The second kappa shape index (κ2) is 5.92. The summed E-state index contributed by atoms with van der Waals surface area (Å²) in [4.78, 5) is 4.75. The predicted octanol–water partition coefficient (Wildman–Crippen LogP) is 2.42. The lowest BCUT2D eigenvalue weighted by Gasteiger charge is -2.30. The Morgan fingerprint density at radius 3 is 3.12 bits per heavy atom. The van der Waals surface area contributed by atoms with Gasteiger partial charge in [0.25, 0.3) is 0 Å². The summed E-state index contributed by atoms with van der Waals surface area (Å²) in [7, 11) is 0. The molecule has 16 heavy (non-hydrogen) atoms. The maximum Gasteiger partial charge on any atom is 0.157 e. The maximum absolute atomic E-state index is 5.55. The van der Waals surface area contributed by atoms with Gasteiger partial charge in [-0.2, -0.15) is 0 Å². The molecule has 0 aromatic heterocycles. The fourth-order valence-electron chi connectivity index (χ4n) is 2.24. The molecule has 3 atom stereocenters. The molecule has 2 rings (SSSR count). The van der Waals surface area contributed by atoms with Crippen LogP contribution in [0.4, 0.5) is 0 Å². The molecule has 0 aromatic carbocycles. The van der Waals surface area contributed by atoms with Crippen LogP contribution in [0.2, 0.25) is 0 Å². The van der Waals surface area contributed by atoms with Crippen molar-refractivity contribution in [1.29, 1.82) is 0 Å². The Hall–Kier alpha value is -0.220. The molecule has 0 radical (unpaired) electrons. The highest BCUT2D eigenvalue weighted by molar-refractivity contribution is 8.13. The fraction of sp³-hybridized carbons (Fsp3) is 0.917. The van der Waals surface area contributed by atoms with E-state index in [1.54, 1.807) is 0 Å². The lowest BCUT2D eigenvalue weighted by Crippen LogP contribution is -2.41. The van der Waals surface area contributed by atoms with Crippen molar-refractivity contribution >= 4 is 16.9 Å². The highest BCUT2D eigenvalue weighted by Gasteiger charge is 2.22. The van der Waals surface area contributed by atoms with E-state index in [-0.39, 0.29) is 0 Å². The van der Waals surface area contributed by atoms with Gasteiger partial charge in [-0.1, -0.05) is 18.7 Å². The monoisotopic (exact) mass is 242 g/mol. The quantitative estimate of drug-likeness (QED) is 0.807. The van der Waals surface area contributed by atoms with Gasteiger partial charge in [0.05, 0.1) is 12.1 Å². The molecule has 2 aliphatic heterocycles. The van der Waals surface area contributed by atoms with Crippen LogP contribution < -0.4 is 5.32 Å². The minimum absolute atomic E-state index is 0.391. The number of ether oxygens (including phenoxy) is 1. The highest BCUT2D eigenvalue weighted by atomic mass is 32.2. The smallest absolute Gasteiger partial charge is 0.157 e. The van der Waals surface area contributed by atoms with Crippen molar-refractivity contribution in [3.8, 4) is 0 Å². The average Bonchev–Trinajstić information content (AvgIpc) is 2.29.